The second-order valence-corrected chi connectivity index (χ2v) is 4.29. The fraction of sp³-hybridized carbons (Fsp3) is 0.600. The van der Waals surface area contributed by atoms with Gasteiger partial charge in [0.05, 0.1) is 25.9 Å². The number of hydrogen-bond acceptors (Lipinski definition) is 4. The van der Waals surface area contributed by atoms with E-state index in [1.807, 2.05) is 0 Å². The van der Waals surface area contributed by atoms with Crippen molar-refractivity contribution in [1.82, 2.24) is 4.90 Å². The Morgan fingerprint density at radius 3 is 3.29 bits per heavy atom. The summed E-state index contributed by atoms with van der Waals surface area (Å²) in [6.45, 7) is 3.46. The zero-order valence-electron chi connectivity index (χ0n) is 8.06. The summed E-state index contributed by atoms with van der Waals surface area (Å²) in [6.07, 6.45) is 0. The Kier molecular flexibility index (Phi) is 3.53. The first-order valence-corrected chi connectivity index (χ1v) is 5.78. The van der Waals surface area contributed by atoms with Crippen molar-refractivity contribution in [3.63, 3.8) is 0 Å². The number of nitrogens with zero attached hydrogens (tertiary/aromatic N) is 1. The van der Waals surface area contributed by atoms with Crippen molar-refractivity contribution in [1.29, 1.82) is 0 Å². The summed E-state index contributed by atoms with van der Waals surface area (Å²) in [4.78, 5) is 2.28. The summed E-state index contributed by atoms with van der Waals surface area (Å²) in [5.41, 5.74) is 1.33. The zero-order valence-corrected chi connectivity index (χ0v) is 8.87. The SMILES string of the molecule is OCC1COCCN1Cc1ccsc1. The maximum Gasteiger partial charge on any atom is 0.0644 e. The topological polar surface area (TPSA) is 32.7 Å². The summed E-state index contributed by atoms with van der Waals surface area (Å²) < 4.78 is 5.32. The van der Waals surface area contributed by atoms with Gasteiger partial charge < -0.3 is 9.84 Å². The van der Waals surface area contributed by atoms with Crippen LogP contribution in [-0.4, -0.2) is 42.4 Å². The van der Waals surface area contributed by atoms with Crippen molar-refractivity contribution >= 4 is 11.3 Å². The molecule has 1 unspecified atom stereocenters. The fourth-order valence-electron chi connectivity index (χ4n) is 1.68. The van der Waals surface area contributed by atoms with Crippen molar-refractivity contribution < 1.29 is 9.84 Å². The van der Waals surface area contributed by atoms with Crippen molar-refractivity contribution in [2.75, 3.05) is 26.4 Å². The molecule has 0 amide bonds. The van der Waals surface area contributed by atoms with Crippen LogP contribution in [0.5, 0.6) is 0 Å². The average molecular weight is 213 g/mol. The van der Waals surface area contributed by atoms with E-state index in [4.69, 9.17) is 4.74 Å². The minimum atomic E-state index is 0.170. The minimum absolute atomic E-state index is 0.170. The maximum absolute atomic E-state index is 9.17. The standard InChI is InChI=1S/C10H15NO2S/c12-6-10-7-13-3-2-11(10)5-9-1-4-14-8-9/h1,4,8,10,12H,2-3,5-7H2. The molecule has 1 aliphatic heterocycles. The molecule has 0 saturated carbocycles. The van der Waals surface area contributed by atoms with Crippen molar-refractivity contribution in [3.05, 3.63) is 22.4 Å². The van der Waals surface area contributed by atoms with Crippen LogP contribution in [0.25, 0.3) is 0 Å². The Bertz CT molecular complexity index is 263. The van der Waals surface area contributed by atoms with E-state index in [1.165, 1.54) is 5.56 Å². The van der Waals surface area contributed by atoms with Crippen molar-refractivity contribution in [2.24, 2.45) is 0 Å². The van der Waals surface area contributed by atoms with Gasteiger partial charge in [-0.25, -0.2) is 0 Å². The summed E-state index contributed by atoms with van der Waals surface area (Å²) >= 11 is 1.72. The minimum Gasteiger partial charge on any atom is -0.395 e. The predicted octanol–water partition coefficient (Wildman–Crippen LogP) is 0.941. The lowest BCUT2D eigenvalue weighted by Crippen LogP contribution is -2.46. The van der Waals surface area contributed by atoms with Gasteiger partial charge >= 0.3 is 0 Å². The highest BCUT2D eigenvalue weighted by molar-refractivity contribution is 7.07. The lowest BCUT2D eigenvalue weighted by Gasteiger charge is -2.34. The third-order valence-corrected chi connectivity index (χ3v) is 3.26. The second-order valence-electron chi connectivity index (χ2n) is 3.51. The molecular weight excluding hydrogens is 198 g/mol. The summed E-state index contributed by atoms with van der Waals surface area (Å²) in [6, 6.07) is 2.30. The quantitative estimate of drug-likeness (QED) is 0.811. The van der Waals surface area contributed by atoms with E-state index in [9.17, 15) is 5.11 Å². The van der Waals surface area contributed by atoms with E-state index in [0.717, 1.165) is 19.7 Å². The first kappa shape index (κ1) is 10.1. The highest BCUT2D eigenvalue weighted by Crippen LogP contribution is 2.14. The molecule has 78 valence electrons. The predicted molar refractivity (Wildman–Crippen MR) is 56.4 cm³/mol. The molecule has 1 aliphatic rings. The molecule has 0 aliphatic carbocycles. The molecule has 1 saturated heterocycles. The molecule has 0 spiro atoms. The molecule has 1 atom stereocenters. The van der Waals surface area contributed by atoms with Crippen LogP contribution in [0.2, 0.25) is 0 Å². The van der Waals surface area contributed by atoms with Crippen molar-refractivity contribution in [2.45, 2.75) is 12.6 Å². The molecule has 0 aromatic carbocycles. The van der Waals surface area contributed by atoms with Gasteiger partial charge in [-0.1, -0.05) is 0 Å². The smallest absolute Gasteiger partial charge is 0.0644 e. The summed E-state index contributed by atoms with van der Waals surface area (Å²) in [7, 11) is 0. The van der Waals surface area contributed by atoms with Crippen LogP contribution in [0, 0.1) is 0 Å². The van der Waals surface area contributed by atoms with Crippen LogP contribution in [0.15, 0.2) is 16.8 Å². The normalized spacial score (nSPS) is 23.9. The van der Waals surface area contributed by atoms with Crippen LogP contribution in [-0.2, 0) is 11.3 Å². The lowest BCUT2D eigenvalue weighted by molar-refractivity contribution is -0.0312. The Morgan fingerprint density at radius 1 is 1.64 bits per heavy atom. The summed E-state index contributed by atoms with van der Waals surface area (Å²) in [5.74, 6) is 0. The molecule has 4 heteroatoms. The highest BCUT2D eigenvalue weighted by Gasteiger charge is 2.21. The van der Waals surface area contributed by atoms with Crippen LogP contribution < -0.4 is 0 Å². The molecule has 2 heterocycles. The third kappa shape index (κ3) is 2.33. The van der Waals surface area contributed by atoms with Gasteiger partial charge in [0, 0.05) is 13.1 Å². The van der Waals surface area contributed by atoms with Gasteiger partial charge in [-0.2, -0.15) is 11.3 Å². The van der Waals surface area contributed by atoms with Gasteiger partial charge in [-0.15, -0.1) is 0 Å². The molecule has 1 N–H and O–H groups in total. The maximum atomic E-state index is 9.17. The Hall–Kier alpha value is -0.420. The first-order chi connectivity index (χ1) is 6.90. The van der Waals surface area contributed by atoms with E-state index >= 15 is 0 Å². The largest absolute Gasteiger partial charge is 0.395 e. The fourth-order valence-corrected chi connectivity index (χ4v) is 2.34. The average Bonchev–Trinajstić information content (AvgIpc) is 2.71. The number of rotatable bonds is 3. The molecule has 3 nitrogen and oxygen atoms in total. The summed E-state index contributed by atoms with van der Waals surface area (Å²) in [5, 5.41) is 13.4. The number of hydrogen-bond donors (Lipinski definition) is 1. The van der Waals surface area contributed by atoms with Crippen LogP contribution >= 0.6 is 11.3 Å². The van der Waals surface area contributed by atoms with E-state index in [0.29, 0.717) is 6.61 Å². The Balaban J connectivity index is 1.94. The number of aliphatic hydroxyl groups excluding tert-OH is 1. The van der Waals surface area contributed by atoms with Crippen LogP contribution in [0.4, 0.5) is 0 Å². The van der Waals surface area contributed by atoms with Crippen LogP contribution in [0.3, 0.4) is 0 Å². The molecular formula is C10H15NO2S. The van der Waals surface area contributed by atoms with Gasteiger partial charge in [0.25, 0.3) is 0 Å². The van der Waals surface area contributed by atoms with Crippen molar-refractivity contribution in [3.8, 4) is 0 Å². The molecule has 1 aromatic rings. The van der Waals surface area contributed by atoms with Gasteiger partial charge in [0.1, 0.15) is 0 Å². The molecule has 14 heavy (non-hydrogen) atoms. The zero-order chi connectivity index (χ0) is 9.80. The highest BCUT2D eigenvalue weighted by atomic mass is 32.1. The Morgan fingerprint density at radius 2 is 2.57 bits per heavy atom. The number of morpholine rings is 1. The second kappa shape index (κ2) is 4.89. The van der Waals surface area contributed by atoms with Gasteiger partial charge in [-0.05, 0) is 22.4 Å². The van der Waals surface area contributed by atoms with E-state index in [-0.39, 0.29) is 12.6 Å². The number of aliphatic hydroxyl groups is 1. The molecule has 0 bridgehead atoms. The number of ether oxygens (including phenoxy) is 1. The van der Waals surface area contributed by atoms with E-state index < -0.39 is 0 Å². The van der Waals surface area contributed by atoms with Gasteiger partial charge in [-0.3, -0.25) is 4.90 Å². The van der Waals surface area contributed by atoms with Gasteiger partial charge in [0.2, 0.25) is 0 Å². The van der Waals surface area contributed by atoms with E-state index in [2.05, 4.69) is 21.7 Å². The van der Waals surface area contributed by atoms with Gasteiger partial charge in [0.15, 0.2) is 0 Å². The molecule has 1 fully saturated rings. The molecule has 0 radical (unpaired) electrons. The first-order valence-electron chi connectivity index (χ1n) is 4.84. The van der Waals surface area contributed by atoms with Crippen LogP contribution in [0.1, 0.15) is 5.56 Å². The Labute approximate surface area is 87.9 Å². The monoisotopic (exact) mass is 213 g/mol. The molecule has 1 aromatic heterocycles. The third-order valence-electron chi connectivity index (χ3n) is 2.53. The number of thiophene rings is 1. The lowest BCUT2D eigenvalue weighted by atomic mass is 10.2. The van der Waals surface area contributed by atoms with E-state index in [1.54, 1.807) is 11.3 Å². The molecule has 2 rings (SSSR count).